The van der Waals surface area contributed by atoms with Gasteiger partial charge in [0.2, 0.25) is 0 Å². The van der Waals surface area contributed by atoms with E-state index in [-0.39, 0.29) is 0 Å². The van der Waals surface area contributed by atoms with Gasteiger partial charge in [-0.2, -0.15) is 5.26 Å². The summed E-state index contributed by atoms with van der Waals surface area (Å²) in [4.78, 5) is 10.9. The fourth-order valence-electron chi connectivity index (χ4n) is 0.378. The van der Waals surface area contributed by atoms with Crippen molar-refractivity contribution >= 4 is 25.4 Å². The van der Waals surface area contributed by atoms with E-state index in [9.17, 15) is 4.79 Å². The SMILES string of the molecule is C=C[SiH](OC(=O)C(=C)C)SC#N. The third-order valence-corrected chi connectivity index (χ3v) is 3.98. The molecule has 12 heavy (non-hydrogen) atoms. The molecule has 1 unspecified atom stereocenters. The molecular weight excluding hydrogens is 190 g/mol. The zero-order valence-corrected chi connectivity index (χ0v) is 8.71. The summed E-state index contributed by atoms with van der Waals surface area (Å²) in [5.74, 6) is -0.450. The lowest BCUT2D eigenvalue weighted by Crippen LogP contribution is -2.16. The number of hydrogen-bond donors (Lipinski definition) is 0. The minimum absolute atomic E-state index is 0.341. The second-order valence-corrected chi connectivity index (χ2v) is 5.96. The Morgan fingerprint density at radius 3 is 2.75 bits per heavy atom. The number of hydrogen-bond acceptors (Lipinski definition) is 4. The Hall–Kier alpha value is -0.993. The maximum Gasteiger partial charge on any atom is 0.340 e. The van der Waals surface area contributed by atoms with E-state index in [4.69, 9.17) is 9.69 Å². The summed E-state index contributed by atoms with van der Waals surface area (Å²) >= 11 is 0.964. The first-order chi connectivity index (χ1) is 5.61. The molecule has 1 atom stereocenters. The minimum Gasteiger partial charge on any atom is -0.504 e. The van der Waals surface area contributed by atoms with Crippen LogP contribution in [0.1, 0.15) is 6.92 Å². The Kier molecular flexibility index (Phi) is 5.17. The van der Waals surface area contributed by atoms with E-state index >= 15 is 0 Å². The Morgan fingerprint density at radius 2 is 2.42 bits per heavy atom. The lowest BCUT2D eigenvalue weighted by molar-refractivity contribution is -0.130. The number of nitriles is 1. The third-order valence-electron chi connectivity index (χ3n) is 0.933. The molecule has 0 radical (unpaired) electrons. The van der Waals surface area contributed by atoms with Gasteiger partial charge in [0, 0.05) is 5.57 Å². The first kappa shape index (κ1) is 11.0. The standard InChI is InChI=1S/C7H9NO2SSi/c1-4-12(11-5-8)10-7(9)6(2)3/h4,12H,1-2H2,3H3. The lowest BCUT2D eigenvalue weighted by atomic mass is 10.4. The molecule has 0 bridgehead atoms. The molecule has 0 heterocycles. The highest BCUT2D eigenvalue weighted by Crippen LogP contribution is 2.08. The van der Waals surface area contributed by atoms with Crippen LogP contribution in [0.3, 0.4) is 0 Å². The molecule has 64 valence electrons. The molecule has 5 heteroatoms. The highest BCUT2D eigenvalue weighted by molar-refractivity contribution is 8.28. The minimum atomic E-state index is -1.92. The van der Waals surface area contributed by atoms with Crippen molar-refractivity contribution < 1.29 is 9.22 Å². The van der Waals surface area contributed by atoms with Gasteiger partial charge in [-0.1, -0.05) is 12.3 Å². The number of nitrogens with zero attached hydrogens (tertiary/aromatic N) is 1. The van der Waals surface area contributed by atoms with Gasteiger partial charge in [0.15, 0.2) is 0 Å². The van der Waals surface area contributed by atoms with E-state index in [2.05, 4.69) is 13.2 Å². The fraction of sp³-hybridized carbons (Fsp3) is 0.143. The van der Waals surface area contributed by atoms with Crippen LogP contribution in [0.25, 0.3) is 0 Å². The summed E-state index contributed by atoms with van der Waals surface area (Å²) in [5, 5.41) is 10.2. The molecule has 0 N–H and O–H groups in total. The largest absolute Gasteiger partial charge is 0.504 e. The summed E-state index contributed by atoms with van der Waals surface area (Å²) in [5.41, 5.74) is 1.86. The van der Waals surface area contributed by atoms with Crippen LogP contribution in [0, 0.1) is 10.7 Å². The zero-order valence-electron chi connectivity index (χ0n) is 6.74. The van der Waals surface area contributed by atoms with Crippen molar-refractivity contribution in [2.24, 2.45) is 0 Å². The topological polar surface area (TPSA) is 50.1 Å². The van der Waals surface area contributed by atoms with Gasteiger partial charge in [0.1, 0.15) is 5.40 Å². The predicted octanol–water partition coefficient (Wildman–Crippen LogP) is 1.27. The zero-order chi connectivity index (χ0) is 9.56. The van der Waals surface area contributed by atoms with Crippen molar-refractivity contribution in [3.63, 3.8) is 0 Å². The molecule has 0 aliphatic heterocycles. The maximum atomic E-state index is 10.9. The Balaban J connectivity index is 4.04. The van der Waals surface area contributed by atoms with Crippen molar-refractivity contribution in [3.05, 3.63) is 24.4 Å². The van der Waals surface area contributed by atoms with Crippen LogP contribution < -0.4 is 0 Å². The first-order valence-corrected chi connectivity index (χ1v) is 6.58. The van der Waals surface area contributed by atoms with E-state index in [0.717, 1.165) is 11.2 Å². The number of carbonyl (C=O) groups excluding carboxylic acids is 1. The van der Waals surface area contributed by atoms with Gasteiger partial charge in [-0.25, -0.2) is 4.79 Å². The lowest BCUT2D eigenvalue weighted by Gasteiger charge is -2.07. The van der Waals surface area contributed by atoms with Gasteiger partial charge >= 0.3 is 14.2 Å². The van der Waals surface area contributed by atoms with Crippen LogP contribution >= 0.6 is 11.2 Å². The fourth-order valence-corrected chi connectivity index (χ4v) is 2.14. The van der Waals surface area contributed by atoms with E-state index in [1.54, 1.807) is 6.92 Å². The van der Waals surface area contributed by atoms with Crippen LogP contribution in [0.5, 0.6) is 0 Å². The molecule has 0 aliphatic rings. The Labute approximate surface area is 77.1 Å². The van der Waals surface area contributed by atoms with Crippen LogP contribution in [0.15, 0.2) is 24.4 Å². The highest BCUT2D eigenvalue weighted by atomic mass is 32.4. The maximum absolute atomic E-state index is 10.9. The number of carbonyl (C=O) groups is 1. The van der Waals surface area contributed by atoms with Crippen LogP contribution in [-0.2, 0) is 9.22 Å². The molecule has 0 saturated heterocycles. The van der Waals surface area contributed by atoms with Crippen LogP contribution in [0.4, 0.5) is 0 Å². The predicted molar refractivity (Wildman–Crippen MR) is 51.5 cm³/mol. The first-order valence-electron chi connectivity index (χ1n) is 3.15. The van der Waals surface area contributed by atoms with Gasteiger partial charge in [0.05, 0.1) is 0 Å². The van der Waals surface area contributed by atoms with Crippen molar-refractivity contribution in [1.82, 2.24) is 0 Å². The molecule has 0 aromatic heterocycles. The average Bonchev–Trinajstić information content (AvgIpc) is 2.03. The van der Waals surface area contributed by atoms with E-state index in [1.165, 1.54) is 5.70 Å². The smallest absolute Gasteiger partial charge is 0.340 e. The summed E-state index contributed by atoms with van der Waals surface area (Å²) in [6, 6.07) is 0. The summed E-state index contributed by atoms with van der Waals surface area (Å²) in [7, 11) is -1.92. The van der Waals surface area contributed by atoms with Gasteiger partial charge in [-0.05, 0) is 18.1 Å². The summed E-state index contributed by atoms with van der Waals surface area (Å²) in [6.07, 6.45) is 0. The quantitative estimate of drug-likeness (QED) is 0.388. The molecule has 0 aliphatic carbocycles. The molecule has 0 rings (SSSR count). The molecule has 0 aromatic carbocycles. The second kappa shape index (κ2) is 5.63. The second-order valence-electron chi connectivity index (χ2n) is 2.00. The monoisotopic (exact) mass is 199 g/mol. The molecule has 0 amide bonds. The van der Waals surface area contributed by atoms with E-state index in [0.29, 0.717) is 5.57 Å². The van der Waals surface area contributed by atoms with Crippen LogP contribution in [0.2, 0.25) is 0 Å². The molecule has 0 aromatic rings. The van der Waals surface area contributed by atoms with Crippen LogP contribution in [-0.4, -0.2) is 14.2 Å². The Bertz CT molecular complexity index is 246. The van der Waals surface area contributed by atoms with E-state index in [1.807, 2.05) is 5.40 Å². The summed E-state index contributed by atoms with van der Waals surface area (Å²) in [6.45, 7) is 8.46. The molecule has 0 spiro atoms. The number of thiocyanates is 1. The van der Waals surface area contributed by atoms with Crippen molar-refractivity contribution in [1.29, 1.82) is 5.26 Å². The van der Waals surface area contributed by atoms with Crippen molar-refractivity contribution in [3.8, 4) is 5.40 Å². The van der Waals surface area contributed by atoms with Gasteiger partial charge in [-0.15, -0.1) is 6.58 Å². The summed E-state index contributed by atoms with van der Waals surface area (Å²) < 4.78 is 4.92. The van der Waals surface area contributed by atoms with Gasteiger partial charge < -0.3 is 4.43 Å². The Morgan fingerprint density at radius 1 is 1.83 bits per heavy atom. The highest BCUT2D eigenvalue weighted by Gasteiger charge is 2.13. The van der Waals surface area contributed by atoms with Gasteiger partial charge in [0.25, 0.3) is 0 Å². The molecule has 3 nitrogen and oxygen atoms in total. The molecule has 0 fully saturated rings. The third kappa shape index (κ3) is 4.01. The van der Waals surface area contributed by atoms with Crippen molar-refractivity contribution in [2.75, 3.05) is 0 Å². The molecule has 0 saturated carbocycles. The van der Waals surface area contributed by atoms with E-state index < -0.39 is 14.2 Å². The van der Waals surface area contributed by atoms with Crippen molar-refractivity contribution in [2.45, 2.75) is 6.92 Å². The normalized spacial score (nSPS) is 11.0. The molecular formula is C7H9NO2SSi. The average molecular weight is 199 g/mol. The van der Waals surface area contributed by atoms with Gasteiger partial charge in [-0.3, -0.25) is 0 Å². The number of rotatable bonds is 4.